The van der Waals surface area contributed by atoms with Crippen molar-refractivity contribution < 1.29 is 0 Å². The minimum Gasteiger partial charge on any atom is -0.312 e. The topological polar surface area (TPSA) is 12.0 Å². The molecule has 0 saturated heterocycles. The second-order valence-electron chi connectivity index (χ2n) is 4.44. The molecule has 0 aliphatic rings. The zero-order chi connectivity index (χ0) is 13.2. The zero-order valence-corrected chi connectivity index (χ0v) is 13.7. The second-order valence-corrected chi connectivity index (χ2v) is 7.85. The molecule has 1 atom stereocenters. The summed E-state index contributed by atoms with van der Waals surface area (Å²) < 4.78 is 2.57. The van der Waals surface area contributed by atoms with Gasteiger partial charge in [-0.15, -0.1) is 22.7 Å². The van der Waals surface area contributed by atoms with Crippen LogP contribution in [0.15, 0.2) is 45.6 Å². The Hall–Kier alpha value is -0.680. The Kier molecular flexibility index (Phi) is 4.03. The Morgan fingerprint density at radius 3 is 2.79 bits per heavy atom. The average Bonchev–Trinajstić information content (AvgIpc) is 3.03. The minimum atomic E-state index is 0.384. The average molecular weight is 352 g/mol. The molecule has 1 aromatic carbocycles. The van der Waals surface area contributed by atoms with Crippen LogP contribution in [-0.2, 0) is 6.42 Å². The lowest BCUT2D eigenvalue weighted by Crippen LogP contribution is -2.17. The molecule has 0 fully saturated rings. The summed E-state index contributed by atoms with van der Waals surface area (Å²) >= 11 is 7.18. The predicted molar refractivity (Wildman–Crippen MR) is 89.3 cm³/mol. The van der Waals surface area contributed by atoms with Crippen molar-refractivity contribution in [3.8, 4) is 0 Å². The van der Waals surface area contributed by atoms with Crippen LogP contribution in [0.2, 0.25) is 0 Å². The van der Waals surface area contributed by atoms with Crippen molar-refractivity contribution in [3.05, 3.63) is 56.0 Å². The standard InChI is InChI=1S/C15H14BrNS2/c1-17-12(14-6-7-15(16)19-14)8-10-9-18-13-5-3-2-4-11(10)13/h2-7,9,12,17H,8H2,1H3. The third-order valence-electron chi connectivity index (χ3n) is 3.27. The summed E-state index contributed by atoms with van der Waals surface area (Å²) in [5.41, 5.74) is 1.43. The Morgan fingerprint density at radius 1 is 1.21 bits per heavy atom. The van der Waals surface area contributed by atoms with Gasteiger partial charge in [0.25, 0.3) is 0 Å². The summed E-state index contributed by atoms with van der Waals surface area (Å²) in [5, 5.41) is 7.11. The normalized spacial score (nSPS) is 12.9. The highest BCUT2D eigenvalue weighted by atomic mass is 79.9. The number of nitrogens with one attached hydrogen (secondary N) is 1. The first kappa shape index (κ1) is 13.3. The lowest BCUT2D eigenvalue weighted by atomic mass is 10.0. The fraction of sp³-hybridized carbons (Fsp3) is 0.200. The monoisotopic (exact) mass is 351 g/mol. The van der Waals surface area contributed by atoms with E-state index < -0.39 is 0 Å². The maximum absolute atomic E-state index is 3.54. The van der Waals surface area contributed by atoms with Gasteiger partial charge >= 0.3 is 0 Å². The first-order chi connectivity index (χ1) is 9.28. The van der Waals surface area contributed by atoms with E-state index in [1.54, 1.807) is 11.3 Å². The maximum Gasteiger partial charge on any atom is 0.0701 e. The van der Waals surface area contributed by atoms with E-state index in [2.05, 4.69) is 63.0 Å². The van der Waals surface area contributed by atoms with E-state index in [-0.39, 0.29) is 0 Å². The number of benzene rings is 1. The van der Waals surface area contributed by atoms with Crippen molar-refractivity contribution in [1.29, 1.82) is 0 Å². The summed E-state index contributed by atoms with van der Waals surface area (Å²) in [6.07, 6.45) is 1.04. The first-order valence-corrected chi connectivity index (χ1v) is 8.64. The van der Waals surface area contributed by atoms with Gasteiger partial charge in [0, 0.05) is 15.6 Å². The van der Waals surface area contributed by atoms with Crippen LogP contribution in [0.1, 0.15) is 16.5 Å². The molecule has 3 rings (SSSR count). The lowest BCUT2D eigenvalue weighted by Gasteiger charge is -2.14. The van der Waals surface area contributed by atoms with E-state index in [4.69, 9.17) is 0 Å². The molecule has 1 nitrogen and oxygen atoms in total. The molecule has 0 bridgehead atoms. The van der Waals surface area contributed by atoms with Gasteiger partial charge in [-0.25, -0.2) is 0 Å². The lowest BCUT2D eigenvalue weighted by molar-refractivity contribution is 0.605. The molecule has 1 unspecified atom stereocenters. The predicted octanol–water partition coefficient (Wildman–Crippen LogP) is 5.23. The maximum atomic E-state index is 3.54. The van der Waals surface area contributed by atoms with Crippen molar-refractivity contribution in [2.24, 2.45) is 0 Å². The Bertz CT molecular complexity index is 686. The highest BCUT2D eigenvalue weighted by molar-refractivity contribution is 9.11. The number of rotatable bonds is 4. The molecule has 0 aliphatic carbocycles. The van der Waals surface area contributed by atoms with Gasteiger partial charge in [0.05, 0.1) is 3.79 Å². The fourth-order valence-corrected chi connectivity index (χ4v) is 4.78. The number of thiophene rings is 2. The van der Waals surface area contributed by atoms with Crippen LogP contribution in [0.3, 0.4) is 0 Å². The van der Waals surface area contributed by atoms with Crippen LogP contribution in [0.4, 0.5) is 0 Å². The molecule has 0 aliphatic heterocycles. The van der Waals surface area contributed by atoms with Gasteiger partial charge < -0.3 is 5.32 Å². The molecule has 1 N–H and O–H groups in total. The fourth-order valence-electron chi connectivity index (χ4n) is 2.27. The Labute approximate surface area is 129 Å². The number of likely N-dealkylation sites (N-methyl/N-ethyl adjacent to an activating group) is 1. The Morgan fingerprint density at radius 2 is 2.05 bits per heavy atom. The Balaban J connectivity index is 1.90. The van der Waals surface area contributed by atoms with Crippen LogP contribution < -0.4 is 5.32 Å². The smallest absolute Gasteiger partial charge is 0.0701 e. The van der Waals surface area contributed by atoms with E-state index in [1.165, 1.54) is 24.3 Å². The summed E-state index contributed by atoms with van der Waals surface area (Å²) in [6.45, 7) is 0. The third kappa shape index (κ3) is 2.77. The largest absolute Gasteiger partial charge is 0.312 e. The van der Waals surface area contributed by atoms with E-state index >= 15 is 0 Å². The molecule has 3 aromatic rings. The molecular formula is C15H14BrNS2. The zero-order valence-electron chi connectivity index (χ0n) is 10.5. The highest BCUT2D eigenvalue weighted by Gasteiger charge is 2.14. The molecule has 0 radical (unpaired) electrons. The van der Waals surface area contributed by atoms with E-state index in [0.717, 1.165) is 6.42 Å². The number of hydrogen-bond donors (Lipinski definition) is 1. The van der Waals surface area contributed by atoms with Gasteiger partial charge in [-0.05, 0) is 63.9 Å². The third-order valence-corrected chi connectivity index (χ3v) is 6.02. The SMILES string of the molecule is CNC(Cc1csc2ccccc12)c1ccc(Br)s1. The molecule has 0 amide bonds. The summed E-state index contributed by atoms with van der Waals surface area (Å²) in [5.74, 6) is 0. The molecular weight excluding hydrogens is 338 g/mol. The molecule has 2 heterocycles. The van der Waals surface area contributed by atoms with Gasteiger partial charge in [-0.1, -0.05) is 18.2 Å². The van der Waals surface area contributed by atoms with Crippen molar-refractivity contribution in [3.63, 3.8) is 0 Å². The quantitative estimate of drug-likeness (QED) is 0.678. The summed E-state index contributed by atoms with van der Waals surface area (Å²) in [4.78, 5) is 1.38. The van der Waals surface area contributed by atoms with Crippen LogP contribution in [0, 0.1) is 0 Å². The van der Waals surface area contributed by atoms with Crippen molar-refractivity contribution in [1.82, 2.24) is 5.32 Å². The molecule has 98 valence electrons. The van der Waals surface area contributed by atoms with E-state index in [1.807, 2.05) is 18.4 Å². The number of hydrogen-bond acceptors (Lipinski definition) is 3. The summed E-state index contributed by atoms with van der Waals surface area (Å²) in [6, 6.07) is 13.3. The van der Waals surface area contributed by atoms with Gasteiger partial charge in [0.2, 0.25) is 0 Å². The van der Waals surface area contributed by atoms with E-state index in [0.29, 0.717) is 6.04 Å². The van der Waals surface area contributed by atoms with Gasteiger partial charge in [-0.2, -0.15) is 0 Å². The van der Waals surface area contributed by atoms with E-state index in [9.17, 15) is 0 Å². The summed E-state index contributed by atoms with van der Waals surface area (Å²) in [7, 11) is 2.03. The second kappa shape index (κ2) is 5.75. The van der Waals surface area contributed by atoms with Crippen LogP contribution >= 0.6 is 38.6 Å². The van der Waals surface area contributed by atoms with Crippen molar-refractivity contribution in [2.75, 3.05) is 7.05 Å². The molecule has 4 heteroatoms. The highest BCUT2D eigenvalue weighted by Crippen LogP contribution is 2.32. The van der Waals surface area contributed by atoms with Crippen LogP contribution in [0.25, 0.3) is 10.1 Å². The molecule has 19 heavy (non-hydrogen) atoms. The minimum absolute atomic E-state index is 0.384. The first-order valence-electron chi connectivity index (χ1n) is 6.15. The van der Waals surface area contributed by atoms with Gasteiger partial charge in [0.15, 0.2) is 0 Å². The van der Waals surface area contributed by atoms with Gasteiger partial charge in [0.1, 0.15) is 0 Å². The molecule has 2 aromatic heterocycles. The van der Waals surface area contributed by atoms with Crippen molar-refractivity contribution >= 4 is 48.7 Å². The molecule has 0 saturated carbocycles. The van der Waals surface area contributed by atoms with Crippen molar-refractivity contribution in [2.45, 2.75) is 12.5 Å². The number of fused-ring (bicyclic) bond motifs is 1. The molecule has 0 spiro atoms. The number of halogens is 1. The van der Waals surface area contributed by atoms with Crippen LogP contribution in [0.5, 0.6) is 0 Å². The van der Waals surface area contributed by atoms with Gasteiger partial charge in [-0.3, -0.25) is 0 Å². The van der Waals surface area contributed by atoms with Crippen LogP contribution in [-0.4, -0.2) is 7.05 Å².